The van der Waals surface area contributed by atoms with Crippen LogP contribution in [0.15, 0.2) is 42.5 Å². The summed E-state index contributed by atoms with van der Waals surface area (Å²) in [7, 11) is 0. The summed E-state index contributed by atoms with van der Waals surface area (Å²) in [6.07, 6.45) is 2.18. The van der Waals surface area contributed by atoms with Crippen LogP contribution in [0.2, 0.25) is 0 Å². The molecule has 2 nitrogen and oxygen atoms in total. The zero-order valence-electron chi connectivity index (χ0n) is 11.5. The molecule has 2 aromatic carbocycles. The molecular weight excluding hydrogens is 253 g/mol. The molecule has 1 N–H and O–H groups in total. The fourth-order valence-corrected chi connectivity index (χ4v) is 2.92. The van der Waals surface area contributed by atoms with E-state index in [9.17, 15) is 9.50 Å². The first kappa shape index (κ1) is 13.0. The summed E-state index contributed by atoms with van der Waals surface area (Å²) in [4.78, 5) is 2.28. The molecule has 0 amide bonds. The highest BCUT2D eigenvalue weighted by Crippen LogP contribution is 2.32. The minimum absolute atomic E-state index is 0.0158. The maximum atomic E-state index is 13.4. The van der Waals surface area contributed by atoms with E-state index in [2.05, 4.69) is 30.0 Å². The highest BCUT2D eigenvalue weighted by Gasteiger charge is 2.22. The standard InChI is InChI=1S/C17H18FNO/c1-12-6-7-14-4-2-3-5-17(14)19(12)11-13-8-15(18)10-16(20)9-13/h2-5,8-10,12,20H,6-7,11H2,1H3. The van der Waals surface area contributed by atoms with E-state index in [0.717, 1.165) is 24.5 Å². The van der Waals surface area contributed by atoms with Gasteiger partial charge in [-0.3, -0.25) is 0 Å². The van der Waals surface area contributed by atoms with Gasteiger partial charge in [-0.25, -0.2) is 4.39 Å². The molecule has 2 aromatic rings. The largest absolute Gasteiger partial charge is 0.508 e. The molecule has 20 heavy (non-hydrogen) atoms. The molecule has 1 atom stereocenters. The Morgan fingerprint density at radius 3 is 2.85 bits per heavy atom. The molecule has 1 unspecified atom stereocenters. The molecule has 104 valence electrons. The van der Waals surface area contributed by atoms with E-state index in [1.165, 1.54) is 17.3 Å². The number of phenolic OH excluding ortho intramolecular Hbond substituents is 1. The van der Waals surface area contributed by atoms with Crippen molar-refractivity contribution in [3.63, 3.8) is 0 Å². The van der Waals surface area contributed by atoms with E-state index in [-0.39, 0.29) is 5.75 Å². The lowest BCUT2D eigenvalue weighted by Crippen LogP contribution is -2.36. The Bertz CT molecular complexity index is 606. The Kier molecular flexibility index (Phi) is 3.35. The number of hydrogen-bond donors (Lipinski definition) is 1. The number of benzene rings is 2. The van der Waals surface area contributed by atoms with Crippen molar-refractivity contribution >= 4 is 5.69 Å². The Morgan fingerprint density at radius 2 is 2.05 bits per heavy atom. The second kappa shape index (κ2) is 5.16. The van der Waals surface area contributed by atoms with Crippen molar-refractivity contribution < 1.29 is 9.50 Å². The summed E-state index contributed by atoms with van der Waals surface area (Å²) in [6.45, 7) is 2.80. The lowest BCUT2D eigenvalue weighted by Gasteiger charge is -2.37. The van der Waals surface area contributed by atoms with Crippen LogP contribution < -0.4 is 4.90 Å². The van der Waals surface area contributed by atoms with Crippen LogP contribution in [-0.4, -0.2) is 11.1 Å². The second-order valence-corrected chi connectivity index (χ2v) is 5.46. The van der Waals surface area contributed by atoms with Crippen LogP contribution >= 0.6 is 0 Å². The van der Waals surface area contributed by atoms with Gasteiger partial charge in [0.1, 0.15) is 11.6 Å². The summed E-state index contributed by atoms with van der Waals surface area (Å²) in [6, 6.07) is 13.0. The minimum Gasteiger partial charge on any atom is -0.508 e. The molecule has 0 fully saturated rings. The number of aryl methyl sites for hydroxylation is 1. The summed E-state index contributed by atoms with van der Waals surface area (Å²) < 4.78 is 13.4. The van der Waals surface area contributed by atoms with E-state index in [1.807, 2.05) is 6.07 Å². The maximum Gasteiger partial charge on any atom is 0.127 e. The number of anilines is 1. The van der Waals surface area contributed by atoms with Crippen LogP contribution in [0.25, 0.3) is 0 Å². The zero-order chi connectivity index (χ0) is 14.1. The summed E-state index contributed by atoms with van der Waals surface area (Å²) in [5.74, 6) is -0.407. The Hall–Kier alpha value is -2.03. The summed E-state index contributed by atoms with van der Waals surface area (Å²) >= 11 is 0. The quantitative estimate of drug-likeness (QED) is 0.896. The molecule has 0 aliphatic carbocycles. The van der Waals surface area contributed by atoms with Crippen molar-refractivity contribution in [2.75, 3.05) is 4.90 Å². The Labute approximate surface area is 118 Å². The molecule has 1 heterocycles. The number of phenols is 1. The van der Waals surface area contributed by atoms with Gasteiger partial charge in [0.25, 0.3) is 0 Å². The first-order valence-electron chi connectivity index (χ1n) is 6.96. The average molecular weight is 271 g/mol. The van der Waals surface area contributed by atoms with Gasteiger partial charge in [-0.15, -0.1) is 0 Å². The Morgan fingerprint density at radius 1 is 1.25 bits per heavy atom. The van der Waals surface area contributed by atoms with Crippen LogP contribution in [0.4, 0.5) is 10.1 Å². The normalized spacial score (nSPS) is 17.9. The summed E-state index contributed by atoms with van der Waals surface area (Å²) in [5.41, 5.74) is 3.35. The van der Waals surface area contributed by atoms with Crippen LogP contribution in [0.3, 0.4) is 0 Å². The smallest absolute Gasteiger partial charge is 0.127 e. The van der Waals surface area contributed by atoms with Crippen molar-refractivity contribution in [1.29, 1.82) is 0 Å². The van der Waals surface area contributed by atoms with Crippen molar-refractivity contribution in [2.45, 2.75) is 32.4 Å². The van der Waals surface area contributed by atoms with E-state index in [1.54, 1.807) is 6.07 Å². The molecule has 1 aliphatic rings. The number of aromatic hydroxyl groups is 1. The van der Waals surface area contributed by atoms with Crippen LogP contribution in [0.1, 0.15) is 24.5 Å². The van der Waals surface area contributed by atoms with Crippen LogP contribution in [-0.2, 0) is 13.0 Å². The average Bonchev–Trinajstić information content (AvgIpc) is 2.41. The number of fused-ring (bicyclic) bond motifs is 1. The van der Waals surface area contributed by atoms with Gasteiger partial charge in [-0.2, -0.15) is 0 Å². The van der Waals surface area contributed by atoms with Gasteiger partial charge >= 0.3 is 0 Å². The predicted molar refractivity (Wildman–Crippen MR) is 78.5 cm³/mol. The van der Waals surface area contributed by atoms with Gasteiger partial charge in [0.2, 0.25) is 0 Å². The number of halogens is 1. The molecule has 0 saturated heterocycles. The fourth-order valence-electron chi connectivity index (χ4n) is 2.92. The van der Waals surface area contributed by atoms with Crippen LogP contribution in [0, 0.1) is 5.82 Å². The monoisotopic (exact) mass is 271 g/mol. The van der Waals surface area contributed by atoms with Crippen molar-refractivity contribution in [3.8, 4) is 5.75 Å². The third-order valence-corrected chi connectivity index (χ3v) is 3.96. The van der Waals surface area contributed by atoms with Crippen molar-refractivity contribution in [1.82, 2.24) is 0 Å². The van der Waals surface area contributed by atoms with Gasteiger partial charge in [0, 0.05) is 24.3 Å². The number of hydrogen-bond acceptors (Lipinski definition) is 2. The molecule has 3 rings (SSSR count). The lowest BCUT2D eigenvalue weighted by molar-refractivity contribution is 0.467. The van der Waals surface area contributed by atoms with Gasteiger partial charge in [0.15, 0.2) is 0 Å². The number of rotatable bonds is 2. The van der Waals surface area contributed by atoms with Crippen molar-refractivity contribution in [3.05, 3.63) is 59.4 Å². The molecule has 0 spiro atoms. The minimum atomic E-state index is -0.391. The highest BCUT2D eigenvalue weighted by molar-refractivity contribution is 5.56. The molecular formula is C17H18FNO. The zero-order valence-corrected chi connectivity index (χ0v) is 11.5. The fraction of sp³-hybridized carbons (Fsp3) is 0.294. The van der Waals surface area contributed by atoms with Crippen LogP contribution in [0.5, 0.6) is 5.75 Å². The Balaban J connectivity index is 1.93. The highest BCUT2D eigenvalue weighted by atomic mass is 19.1. The third kappa shape index (κ3) is 2.48. The molecule has 0 saturated carbocycles. The topological polar surface area (TPSA) is 23.5 Å². The van der Waals surface area contributed by atoms with Gasteiger partial charge in [0.05, 0.1) is 0 Å². The van der Waals surface area contributed by atoms with Gasteiger partial charge < -0.3 is 10.0 Å². The SMILES string of the molecule is CC1CCc2ccccc2N1Cc1cc(O)cc(F)c1. The maximum absolute atomic E-state index is 13.4. The van der Waals surface area contributed by atoms with Gasteiger partial charge in [-0.05, 0) is 49.1 Å². The molecule has 0 radical (unpaired) electrons. The van der Waals surface area contributed by atoms with Crippen molar-refractivity contribution in [2.24, 2.45) is 0 Å². The van der Waals surface area contributed by atoms with E-state index >= 15 is 0 Å². The molecule has 0 bridgehead atoms. The van der Waals surface area contributed by atoms with Gasteiger partial charge in [-0.1, -0.05) is 18.2 Å². The van der Waals surface area contributed by atoms with E-state index < -0.39 is 5.82 Å². The second-order valence-electron chi connectivity index (χ2n) is 5.46. The van der Waals surface area contributed by atoms with E-state index in [4.69, 9.17) is 0 Å². The molecule has 1 aliphatic heterocycles. The number of para-hydroxylation sites is 1. The number of nitrogens with zero attached hydrogens (tertiary/aromatic N) is 1. The predicted octanol–water partition coefficient (Wildman–Crippen LogP) is 3.87. The third-order valence-electron chi connectivity index (χ3n) is 3.96. The lowest BCUT2D eigenvalue weighted by atomic mass is 9.96. The van der Waals surface area contributed by atoms with E-state index in [0.29, 0.717) is 12.6 Å². The molecule has 3 heteroatoms. The first-order valence-corrected chi connectivity index (χ1v) is 6.96. The first-order chi connectivity index (χ1) is 9.63. The molecule has 0 aromatic heterocycles. The summed E-state index contributed by atoms with van der Waals surface area (Å²) in [5, 5.41) is 9.53.